The molecule has 0 heterocycles. The summed E-state index contributed by atoms with van der Waals surface area (Å²) in [7, 11) is 0. The minimum atomic E-state index is -0.453. The summed E-state index contributed by atoms with van der Waals surface area (Å²) >= 11 is 0. The van der Waals surface area contributed by atoms with Crippen molar-refractivity contribution in [3.63, 3.8) is 0 Å². The van der Waals surface area contributed by atoms with Gasteiger partial charge in [-0.25, -0.2) is 0 Å². The van der Waals surface area contributed by atoms with Crippen LogP contribution in [0.3, 0.4) is 0 Å². The molecule has 0 aliphatic carbocycles. The Morgan fingerprint density at radius 2 is 1.00 bits per heavy atom. The Bertz CT molecular complexity index is 567. The number of nitrogens with one attached hydrogen (secondary N) is 1. The lowest BCUT2D eigenvalue weighted by Gasteiger charge is -1.97. The average Bonchev–Trinajstić information content (AvgIpc) is 2.66. The van der Waals surface area contributed by atoms with E-state index in [1.165, 1.54) is 0 Å². The van der Waals surface area contributed by atoms with Crippen LogP contribution in [0.25, 0.3) is 0 Å². The van der Waals surface area contributed by atoms with Crippen LogP contribution in [0.15, 0.2) is 72.9 Å². The molecule has 0 aromatic heterocycles. The van der Waals surface area contributed by atoms with E-state index in [0.29, 0.717) is 0 Å². The molecule has 148 valence electrons. The molecule has 0 fully saturated rings. The van der Waals surface area contributed by atoms with Gasteiger partial charge in [-0.2, -0.15) is 0 Å². The van der Waals surface area contributed by atoms with E-state index in [-0.39, 0.29) is 18.9 Å². The highest BCUT2D eigenvalue weighted by Gasteiger charge is 2.02. The number of carbonyl (C=O) groups excluding carboxylic acids is 2. The molecular formula is C23H34N2O2. The van der Waals surface area contributed by atoms with Crippen LogP contribution in [0, 0.1) is 0 Å². The zero-order valence-electron chi connectivity index (χ0n) is 16.5. The molecule has 0 aromatic carbocycles. The van der Waals surface area contributed by atoms with Gasteiger partial charge in [0.05, 0.1) is 6.54 Å². The number of hydrogen-bond donors (Lipinski definition) is 2. The highest BCUT2D eigenvalue weighted by atomic mass is 16.2. The number of hydrogen-bond acceptors (Lipinski definition) is 3. The monoisotopic (exact) mass is 370 g/mol. The molecule has 0 radical (unpaired) electrons. The standard InChI is InChI=1S/C23H34N2O2/c1-2-3-4-5-6-7-8-9-10-11-12-13-14-15-16-17-18-19-20-22(26)25-23(27)21-24/h3-4,6-7,9-10,12-13,15-16,18-19H,2,5,8,11,14,17,20-21,24H2,1H3,(H,25,26,27)/b4-3-,7-6-,10-9-,13-12-,16-15-,19-18-. The largest absolute Gasteiger partial charge is 0.322 e. The second-order valence-corrected chi connectivity index (χ2v) is 5.79. The molecule has 0 aliphatic heterocycles. The summed E-state index contributed by atoms with van der Waals surface area (Å²) in [5.41, 5.74) is 5.11. The number of amides is 2. The minimum absolute atomic E-state index is 0.171. The minimum Gasteiger partial charge on any atom is -0.322 e. The van der Waals surface area contributed by atoms with Crippen LogP contribution in [0.2, 0.25) is 0 Å². The first-order valence-electron chi connectivity index (χ1n) is 9.63. The summed E-state index contributed by atoms with van der Waals surface area (Å²) < 4.78 is 0. The van der Waals surface area contributed by atoms with Crippen LogP contribution in [-0.2, 0) is 9.59 Å². The second kappa shape index (κ2) is 19.9. The van der Waals surface area contributed by atoms with Crippen LogP contribution in [0.4, 0.5) is 0 Å². The van der Waals surface area contributed by atoms with Gasteiger partial charge in [-0.3, -0.25) is 14.9 Å². The lowest BCUT2D eigenvalue weighted by Crippen LogP contribution is -2.34. The molecule has 27 heavy (non-hydrogen) atoms. The fraction of sp³-hybridized carbons (Fsp3) is 0.391. The maximum absolute atomic E-state index is 11.3. The number of imide groups is 1. The number of nitrogens with two attached hydrogens (primary N) is 1. The van der Waals surface area contributed by atoms with Gasteiger partial charge < -0.3 is 5.73 Å². The van der Waals surface area contributed by atoms with Gasteiger partial charge in [-0.05, 0) is 38.5 Å². The molecule has 4 heteroatoms. The van der Waals surface area contributed by atoms with E-state index in [4.69, 9.17) is 5.73 Å². The van der Waals surface area contributed by atoms with Crippen molar-refractivity contribution in [2.75, 3.05) is 6.54 Å². The van der Waals surface area contributed by atoms with Crippen molar-refractivity contribution in [3.8, 4) is 0 Å². The molecule has 3 N–H and O–H groups in total. The lowest BCUT2D eigenvalue weighted by atomic mass is 10.2. The Labute approximate surface area is 164 Å². The van der Waals surface area contributed by atoms with E-state index in [1.807, 2.05) is 6.08 Å². The predicted molar refractivity (Wildman–Crippen MR) is 115 cm³/mol. The summed E-state index contributed by atoms with van der Waals surface area (Å²) in [6.07, 6.45) is 31.1. The summed E-state index contributed by atoms with van der Waals surface area (Å²) in [6, 6.07) is 0. The summed E-state index contributed by atoms with van der Waals surface area (Å²) in [6.45, 7) is 1.97. The van der Waals surface area contributed by atoms with E-state index in [1.54, 1.807) is 6.08 Å². The van der Waals surface area contributed by atoms with Crippen molar-refractivity contribution in [1.29, 1.82) is 0 Å². The van der Waals surface area contributed by atoms with Gasteiger partial charge in [0, 0.05) is 6.42 Å². The first-order chi connectivity index (χ1) is 13.2. The average molecular weight is 371 g/mol. The second-order valence-electron chi connectivity index (χ2n) is 5.79. The first-order valence-corrected chi connectivity index (χ1v) is 9.63. The molecule has 0 saturated heterocycles. The Balaban J connectivity index is 3.63. The van der Waals surface area contributed by atoms with Crippen molar-refractivity contribution in [3.05, 3.63) is 72.9 Å². The number of allylic oxidation sites excluding steroid dienone is 11. The molecule has 0 spiro atoms. The Morgan fingerprint density at radius 1 is 0.630 bits per heavy atom. The van der Waals surface area contributed by atoms with Gasteiger partial charge in [-0.15, -0.1) is 0 Å². The van der Waals surface area contributed by atoms with Crippen LogP contribution in [0.5, 0.6) is 0 Å². The number of rotatable bonds is 14. The van der Waals surface area contributed by atoms with Gasteiger partial charge in [0.25, 0.3) is 0 Å². The molecule has 0 atom stereocenters. The molecule has 4 nitrogen and oxygen atoms in total. The van der Waals surface area contributed by atoms with E-state index < -0.39 is 5.91 Å². The molecule has 0 unspecified atom stereocenters. The summed E-state index contributed by atoms with van der Waals surface area (Å²) in [5, 5.41) is 2.19. The SMILES string of the molecule is CC/C=C\C/C=C\C/C=C\C/C=C\C/C=C\C/C=C\CC(=O)NC(=O)CN. The molecule has 0 aromatic rings. The highest BCUT2D eigenvalue weighted by Crippen LogP contribution is 1.96. The van der Waals surface area contributed by atoms with Crippen molar-refractivity contribution in [2.24, 2.45) is 5.73 Å². The number of carbonyl (C=O) groups is 2. The van der Waals surface area contributed by atoms with Crippen LogP contribution in [-0.4, -0.2) is 18.4 Å². The lowest BCUT2D eigenvalue weighted by molar-refractivity contribution is -0.129. The van der Waals surface area contributed by atoms with Gasteiger partial charge in [0.15, 0.2) is 0 Å². The van der Waals surface area contributed by atoms with Crippen molar-refractivity contribution in [1.82, 2.24) is 5.32 Å². The first kappa shape index (κ1) is 24.5. The quantitative estimate of drug-likeness (QED) is 0.436. The maximum Gasteiger partial charge on any atom is 0.240 e. The van der Waals surface area contributed by atoms with E-state index in [0.717, 1.165) is 38.5 Å². The Hall–Kier alpha value is -2.46. The molecule has 0 aliphatic rings. The highest BCUT2D eigenvalue weighted by molar-refractivity contribution is 5.96. The smallest absolute Gasteiger partial charge is 0.240 e. The molecule has 0 bridgehead atoms. The van der Waals surface area contributed by atoms with Crippen molar-refractivity contribution >= 4 is 11.8 Å². The third-order valence-electron chi connectivity index (χ3n) is 3.36. The predicted octanol–water partition coefficient (Wildman–Crippen LogP) is 4.68. The van der Waals surface area contributed by atoms with Crippen molar-refractivity contribution in [2.45, 2.75) is 51.9 Å². The van der Waals surface area contributed by atoms with Crippen LogP contribution >= 0.6 is 0 Å². The van der Waals surface area contributed by atoms with E-state index in [9.17, 15) is 9.59 Å². The van der Waals surface area contributed by atoms with Crippen LogP contribution in [0.1, 0.15) is 51.9 Å². The fourth-order valence-electron chi connectivity index (χ4n) is 1.97. The fourth-order valence-corrected chi connectivity index (χ4v) is 1.97. The van der Waals surface area contributed by atoms with Gasteiger partial charge in [0.1, 0.15) is 0 Å². The van der Waals surface area contributed by atoms with E-state index >= 15 is 0 Å². The van der Waals surface area contributed by atoms with Gasteiger partial charge in [-0.1, -0.05) is 79.8 Å². The van der Waals surface area contributed by atoms with Gasteiger partial charge >= 0.3 is 0 Å². The zero-order valence-corrected chi connectivity index (χ0v) is 16.5. The van der Waals surface area contributed by atoms with Gasteiger partial charge in [0.2, 0.25) is 11.8 Å². The van der Waals surface area contributed by atoms with Crippen molar-refractivity contribution < 1.29 is 9.59 Å². The third kappa shape index (κ3) is 19.7. The summed E-state index contributed by atoms with van der Waals surface area (Å²) in [4.78, 5) is 22.2. The normalized spacial score (nSPS) is 12.7. The van der Waals surface area contributed by atoms with Crippen LogP contribution < -0.4 is 11.1 Å². The summed E-state index contributed by atoms with van der Waals surface area (Å²) in [5.74, 6) is -0.781. The third-order valence-corrected chi connectivity index (χ3v) is 3.36. The maximum atomic E-state index is 11.3. The van der Waals surface area contributed by atoms with E-state index in [2.05, 4.69) is 73.0 Å². The molecular weight excluding hydrogens is 336 g/mol. The Morgan fingerprint density at radius 3 is 1.37 bits per heavy atom. The molecule has 2 amide bonds. The zero-order chi connectivity index (χ0) is 20.0. The topological polar surface area (TPSA) is 72.2 Å². The Kier molecular flexibility index (Phi) is 18.0. The molecule has 0 saturated carbocycles. The molecule has 0 rings (SSSR count).